The average molecular weight is 478 g/mol. The average Bonchev–Trinajstić information content (AvgIpc) is 2.89. The van der Waals surface area contributed by atoms with Gasteiger partial charge in [-0.2, -0.15) is 0 Å². The van der Waals surface area contributed by atoms with Gasteiger partial charge in [0.25, 0.3) is 11.5 Å². The van der Waals surface area contributed by atoms with Crippen LogP contribution < -0.4 is 11.0 Å². The summed E-state index contributed by atoms with van der Waals surface area (Å²) in [4.78, 5) is 45.6. The van der Waals surface area contributed by atoms with E-state index in [2.05, 4.69) is 0 Å². The Bertz CT molecular complexity index is 1390. The Morgan fingerprint density at radius 2 is 1.86 bits per heavy atom. The van der Waals surface area contributed by atoms with E-state index in [1.54, 1.807) is 36.2 Å². The van der Waals surface area contributed by atoms with Crippen LogP contribution in [0.25, 0.3) is 16.7 Å². The van der Waals surface area contributed by atoms with Crippen LogP contribution in [0.2, 0.25) is 0 Å². The first-order valence-corrected chi connectivity index (χ1v) is 12.6. The number of ether oxygens (including phenoxy) is 1. The van der Waals surface area contributed by atoms with E-state index >= 15 is 0 Å². The minimum absolute atomic E-state index is 0.0270. The number of nitrogens with zero attached hydrogens (tertiary/aromatic N) is 4. The van der Waals surface area contributed by atoms with Crippen molar-refractivity contribution in [1.82, 2.24) is 18.9 Å². The van der Waals surface area contributed by atoms with Gasteiger partial charge in [-0.3, -0.25) is 24.2 Å². The number of fused-ring (bicyclic) bond motifs is 2. The molecule has 3 aromatic rings. The van der Waals surface area contributed by atoms with Gasteiger partial charge in [0.05, 0.1) is 23.5 Å². The summed E-state index contributed by atoms with van der Waals surface area (Å²) in [6, 6.07) is 6.96. The highest BCUT2D eigenvalue weighted by molar-refractivity contribution is 5.97. The van der Waals surface area contributed by atoms with Crippen LogP contribution in [0.4, 0.5) is 0 Å². The lowest BCUT2D eigenvalue weighted by atomic mass is 9.94. The van der Waals surface area contributed by atoms with Gasteiger partial charge in [-0.05, 0) is 50.8 Å². The van der Waals surface area contributed by atoms with Gasteiger partial charge in [-0.25, -0.2) is 4.98 Å². The molecule has 1 amide bonds. The van der Waals surface area contributed by atoms with Crippen LogP contribution in [0.3, 0.4) is 0 Å². The molecule has 0 aromatic carbocycles. The molecule has 2 fully saturated rings. The van der Waals surface area contributed by atoms with E-state index in [1.165, 1.54) is 4.40 Å². The van der Waals surface area contributed by atoms with Gasteiger partial charge in [0, 0.05) is 25.3 Å². The molecular weight excluding hydrogens is 446 g/mol. The number of hydrogen-bond acceptors (Lipinski definition) is 6. The fourth-order valence-corrected chi connectivity index (χ4v) is 5.46. The number of nitrogens with one attached hydrogen (secondary N) is 1. The molecule has 35 heavy (non-hydrogen) atoms. The normalized spacial score (nSPS) is 17.7. The molecule has 9 nitrogen and oxygen atoms in total. The Morgan fingerprint density at radius 1 is 1.11 bits per heavy atom. The van der Waals surface area contributed by atoms with Crippen molar-refractivity contribution in [1.29, 1.82) is 5.41 Å². The van der Waals surface area contributed by atoms with E-state index in [4.69, 9.17) is 15.1 Å². The minimum atomic E-state index is -0.277. The zero-order valence-electron chi connectivity index (χ0n) is 20.0. The van der Waals surface area contributed by atoms with Crippen molar-refractivity contribution in [3.63, 3.8) is 0 Å². The Morgan fingerprint density at radius 3 is 2.57 bits per heavy atom. The number of pyridine rings is 2. The van der Waals surface area contributed by atoms with Crippen molar-refractivity contribution >= 4 is 28.6 Å². The molecule has 1 aliphatic heterocycles. The molecule has 2 aliphatic rings. The van der Waals surface area contributed by atoms with Crippen LogP contribution in [-0.4, -0.2) is 50.4 Å². The molecule has 0 spiro atoms. The standard InChI is InChI=1S/C26H31N5O4/c1-2-35-26(34)17-11-14-29(15-12-17)24(32)19-16-20-23(28-21-10-6-7-13-30(21)25(20)33)31(22(19)27)18-8-4-3-5-9-18/h6-7,10,13,16-18,27H,2-5,8-9,11-12,14-15H2,1H3. The Hall–Kier alpha value is -3.49. The molecule has 0 bridgehead atoms. The van der Waals surface area contributed by atoms with E-state index in [0.717, 1.165) is 32.1 Å². The van der Waals surface area contributed by atoms with Gasteiger partial charge in [0.2, 0.25) is 0 Å². The molecule has 9 heteroatoms. The number of amides is 1. The predicted octanol–water partition coefficient (Wildman–Crippen LogP) is 3.05. The minimum Gasteiger partial charge on any atom is -0.466 e. The number of carbonyl (C=O) groups excluding carboxylic acids is 2. The zero-order valence-corrected chi connectivity index (χ0v) is 20.0. The number of hydrogen-bond donors (Lipinski definition) is 1. The summed E-state index contributed by atoms with van der Waals surface area (Å²) in [5.41, 5.74) is 1.07. The lowest BCUT2D eigenvalue weighted by Crippen LogP contribution is -2.43. The molecule has 3 aromatic heterocycles. The quantitative estimate of drug-likeness (QED) is 0.459. The number of esters is 1. The van der Waals surface area contributed by atoms with Gasteiger partial charge in [0.15, 0.2) is 0 Å². The molecule has 0 radical (unpaired) electrons. The third-order valence-corrected chi connectivity index (χ3v) is 7.33. The largest absolute Gasteiger partial charge is 0.466 e. The van der Waals surface area contributed by atoms with Crippen molar-refractivity contribution in [2.24, 2.45) is 5.92 Å². The van der Waals surface area contributed by atoms with Crippen LogP contribution in [0.5, 0.6) is 0 Å². The van der Waals surface area contributed by atoms with Crippen LogP contribution in [0.15, 0.2) is 35.3 Å². The lowest BCUT2D eigenvalue weighted by Gasteiger charge is -2.32. The summed E-state index contributed by atoms with van der Waals surface area (Å²) in [6.45, 7) is 2.96. The summed E-state index contributed by atoms with van der Waals surface area (Å²) < 4.78 is 8.44. The third kappa shape index (κ3) is 4.24. The van der Waals surface area contributed by atoms with Crippen molar-refractivity contribution in [3.05, 3.63) is 51.9 Å². The van der Waals surface area contributed by atoms with Crippen LogP contribution >= 0.6 is 0 Å². The van der Waals surface area contributed by atoms with E-state index in [1.807, 2.05) is 10.6 Å². The molecule has 1 aliphatic carbocycles. The zero-order chi connectivity index (χ0) is 24.5. The first-order chi connectivity index (χ1) is 17.0. The second-order valence-corrected chi connectivity index (χ2v) is 9.47. The maximum absolute atomic E-state index is 13.6. The monoisotopic (exact) mass is 477 g/mol. The highest BCUT2D eigenvalue weighted by Crippen LogP contribution is 2.29. The molecule has 1 saturated heterocycles. The number of aromatic nitrogens is 3. The van der Waals surface area contributed by atoms with Crippen molar-refractivity contribution in [2.75, 3.05) is 19.7 Å². The highest BCUT2D eigenvalue weighted by Gasteiger charge is 2.31. The second-order valence-electron chi connectivity index (χ2n) is 9.47. The van der Waals surface area contributed by atoms with Crippen LogP contribution in [-0.2, 0) is 9.53 Å². The van der Waals surface area contributed by atoms with Crippen molar-refractivity contribution < 1.29 is 14.3 Å². The molecule has 1 N–H and O–H groups in total. The summed E-state index contributed by atoms with van der Waals surface area (Å²) in [6.07, 6.45) is 7.76. The van der Waals surface area contributed by atoms with E-state index in [-0.39, 0.29) is 40.4 Å². The molecule has 0 unspecified atom stereocenters. The predicted molar refractivity (Wildman–Crippen MR) is 130 cm³/mol. The van der Waals surface area contributed by atoms with Crippen LogP contribution in [0.1, 0.15) is 68.3 Å². The van der Waals surface area contributed by atoms with Crippen molar-refractivity contribution in [3.8, 4) is 0 Å². The first kappa shape index (κ1) is 23.3. The SMILES string of the molecule is CCOC(=O)C1CCN(C(=O)c2cc3c(=O)n4ccccc4nc3n(C3CCCCC3)c2=N)CC1. The maximum atomic E-state index is 13.6. The Kier molecular flexibility index (Phi) is 6.40. The van der Waals surface area contributed by atoms with Crippen molar-refractivity contribution in [2.45, 2.75) is 57.9 Å². The van der Waals surface area contributed by atoms with Gasteiger partial charge in [-0.15, -0.1) is 0 Å². The topological polar surface area (TPSA) is 110 Å². The molecule has 184 valence electrons. The lowest BCUT2D eigenvalue weighted by molar-refractivity contribution is -0.149. The maximum Gasteiger partial charge on any atom is 0.309 e. The smallest absolute Gasteiger partial charge is 0.309 e. The number of piperidine rings is 1. The van der Waals surface area contributed by atoms with E-state index < -0.39 is 0 Å². The van der Waals surface area contributed by atoms with E-state index in [0.29, 0.717) is 49.2 Å². The number of likely N-dealkylation sites (tertiary alicyclic amines) is 1. The molecule has 5 rings (SSSR count). The summed E-state index contributed by atoms with van der Waals surface area (Å²) in [5, 5.41) is 9.39. The molecular formula is C26H31N5O4. The second kappa shape index (κ2) is 9.64. The third-order valence-electron chi connectivity index (χ3n) is 7.33. The Balaban J connectivity index is 1.59. The fourth-order valence-electron chi connectivity index (χ4n) is 5.46. The summed E-state index contributed by atoms with van der Waals surface area (Å²) in [5.74, 6) is -0.701. The number of rotatable bonds is 4. The van der Waals surface area contributed by atoms with E-state index in [9.17, 15) is 14.4 Å². The van der Waals surface area contributed by atoms with Crippen LogP contribution in [0, 0.1) is 11.3 Å². The summed E-state index contributed by atoms with van der Waals surface area (Å²) >= 11 is 0. The highest BCUT2D eigenvalue weighted by atomic mass is 16.5. The van der Waals surface area contributed by atoms with Gasteiger partial charge in [-0.1, -0.05) is 25.3 Å². The molecule has 1 saturated carbocycles. The van der Waals surface area contributed by atoms with Gasteiger partial charge in [0.1, 0.15) is 16.8 Å². The van der Waals surface area contributed by atoms with Gasteiger partial charge >= 0.3 is 5.97 Å². The van der Waals surface area contributed by atoms with Gasteiger partial charge < -0.3 is 14.2 Å². The molecule has 0 atom stereocenters. The summed E-state index contributed by atoms with van der Waals surface area (Å²) in [7, 11) is 0. The number of carbonyl (C=O) groups is 2. The molecule has 4 heterocycles. The first-order valence-electron chi connectivity index (χ1n) is 12.6. The fraction of sp³-hybridized carbons (Fsp3) is 0.500. The Labute approximate surface area is 202 Å².